The molecule has 0 saturated heterocycles. The summed E-state index contributed by atoms with van der Waals surface area (Å²) in [5.41, 5.74) is 2.05. The van der Waals surface area contributed by atoms with Crippen molar-refractivity contribution in [2.45, 2.75) is 13.0 Å². The Kier molecular flexibility index (Phi) is 1.70. The molecule has 68 valence electrons. The van der Waals surface area contributed by atoms with E-state index >= 15 is 0 Å². The second-order valence-electron chi connectivity index (χ2n) is 3.06. The minimum atomic E-state index is -0.511. The van der Waals surface area contributed by atoms with E-state index in [2.05, 4.69) is 9.97 Å². The highest BCUT2D eigenvalue weighted by atomic mass is 16.3. The largest absolute Gasteiger partial charge is 0.389 e. The first-order valence-electron chi connectivity index (χ1n) is 4.07. The molecule has 0 fully saturated rings. The van der Waals surface area contributed by atoms with Crippen LogP contribution < -0.4 is 5.69 Å². The first-order valence-corrected chi connectivity index (χ1v) is 4.07. The monoisotopic (exact) mass is 178 g/mol. The van der Waals surface area contributed by atoms with E-state index in [1.807, 2.05) is 0 Å². The number of aromatic nitrogens is 2. The predicted octanol–water partition coefficient (Wildman–Crippen LogP) is 0.909. The molecule has 0 saturated carbocycles. The summed E-state index contributed by atoms with van der Waals surface area (Å²) in [6.07, 6.45) is -0.511. The molecule has 0 radical (unpaired) electrons. The summed E-state index contributed by atoms with van der Waals surface area (Å²) in [6.45, 7) is 1.69. The fraction of sp³-hybridized carbons (Fsp3) is 0.222. The number of H-pyrrole nitrogens is 2. The van der Waals surface area contributed by atoms with Crippen LogP contribution in [-0.4, -0.2) is 15.1 Å². The highest BCUT2D eigenvalue weighted by Crippen LogP contribution is 2.16. The molecule has 0 aliphatic carbocycles. The van der Waals surface area contributed by atoms with Gasteiger partial charge in [-0.05, 0) is 24.6 Å². The zero-order valence-corrected chi connectivity index (χ0v) is 7.16. The van der Waals surface area contributed by atoms with Crippen LogP contribution in [-0.2, 0) is 0 Å². The van der Waals surface area contributed by atoms with Crippen LogP contribution in [0.1, 0.15) is 18.6 Å². The Balaban J connectivity index is 2.68. The Hall–Kier alpha value is -1.55. The molecule has 0 spiro atoms. The number of aromatic amines is 2. The first-order chi connectivity index (χ1) is 6.16. The van der Waals surface area contributed by atoms with Gasteiger partial charge in [0, 0.05) is 0 Å². The lowest BCUT2D eigenvalue weighted by Crippen LogP contribution is -1.99. The summed E-state index contributed by atoms with van der Waals surface area (Å²) in [5, 5.41) is 9.29. The van der Waals surface area contributed by atoms with Crippen LogP contribution >= 0.6 is 0 Å². The number of hydrogen-bond acceptors (Lipinski definition) is 2. The third-order valence-corrected chi connectivity index (χ3v) is 2.02. The van der Waals surface area contributed by atoms with E-state index < -0.39 is 6.10 Å². The van der Waals surface area contributed by atoms with E-state index in [1.54, 1.807) is 25.1 Å². The normalized spacial score (nSPS) is 13.4. The maximum atomic E-state index is 10.9. The molecule has 2 aromatic rings. The fourth-order valence-corrected chi connectivity index (χ4v) is 1.31. The number of imidazole rings is 1. The molecule has 1 heterocycles. The molecule has 0 aliphatic rings. The number of rotatable bonds is 1. The summed E-state index contributed by atoms with van der Waals surface area (Å²) >= 11 is 0. The van der Waals surface area contributed by atoms with Crippen LogP contribution in [0.3, 0.4) is 0 Å². The van der Waals surface area contributed by atoms with E-state index in [4.69, 9.17) is 0 Å². The smallest absolute Gasteiger partial charge is 0.323 e. The van der Waals surface area contributed by atoms with Gasteiger partial charge in [-0.15, -0.1) is 0 Å². The number of nitrogens with one attached hydrogen (secondary N) is 2. The Bertz CT molecular complexity index is 482. The highest BCUT2D eigenvalue weighted by Gasteiger charge is 2.03. The number of hydrogen-bond donors (Lipinski definition) is 3. The van der Waals surface area contributed by atoms with E-state index in [0.29, 0.717) is 0 Å². The molecule has 2 rings (SSSR count). The SMILES string of the molecule is C[C@@H](O)c1ccc2[nH]c(=O)[nH]c2c1. The van der Waals surface area contributed by atoms with Gasteiger partial charge < -0.3 is 15.1 Å². The standard InChI is InChI=1S/C9H10N2O2/c1-5(12)6-2-3-7-8(4-6)11-9(13)10-7/h2-5,12H,1H3,(H2,10,11,13)/t5-/m1/s1. The fourth-order valence-electron chi connectivity index (χ4n) is 1.31. The molecule has 0 aliphatic heterocycles. The molecule has 0 bridgehead atoms. The third kappa shape index (κ3) is 1.36. The molecule has 1 aromatic heterocycles. The van der Waals surface area contributed by atoms with Crippen LogP contribution in [0, 0.1) is 0 Å². The zero-order chi connectivity index (χ0) is 9.42. The molecule has 1 aromatic carbocycles. The second kappa shape index (κ2) is 2.74. The Morgan fingerprint density at radius 3 is 2.69 bits per heavy atom. The molecule has 0 unspecified atom stereocenters. The van der Waals surface area contributed by atoms with Crippen molar-refractivity contribution in [3.05, 3.63) is 34.2 Å². The summed E-state index contributed by atoms with van der Waals surface area (Å²) < 4.78 is 0. The number of benzene rings is 1. The lowest BCUT2D eigenvalue weighted by atomic mass is 10.1. The van der Waals surface area contributed by atoms with Gasteiger partial charge in [0.1, 0.15) is 0 Å². The van der Waals surface area contributed by atoms with E-state index in [9.17, 15) is 9.90 Å². The number of fused-ring (bicyclic) bond motifs is 1. The lowest BCUT2D eigenvalue weighted by Gasteiger charge is -2.02. The van der Waals surface area contributed by atoms with Crippen LogP contribution in [0.25, 0.3) is 11.0 Å². The summed E-state index contributed by atoms with van der Waals surface area (Å²) in [5.74, 6) is 0. The minimum absolute atomic E-state index is 0.224. The Morgan fingerprint density at radius 1 is 1.31 bits per heavy atom. The Morgan fingerprint density at radius 2 is 2.00 bits per heavy atom. The molecule has 1 atom stereocenters. The average Bonchev–Trinajstić information content (AvgIpc) is 2.42. The minimum Gasteiger partial charge on any atom is -0.389 e. The van der Waals surface area contributed by atoms with Crippen molar-refractivity contribution in [1.82, 2.24) is 9.97 Å². The maximum Gasteiger partial charge on any atom is 0.323 e. The van der Waals surface area contributed by atoms with Gasteiger partial charge in [-0.1, -0.05) is 6.07 Å². The van der Waals surface area contributed by atoms with Crippen molar-refractivity contribution in [3.8, 4) is 0 Å². The van der Waals surface area contributed by atoms with Gasteiger partial charge in [0.05, 0.1) is 17.1 Å². The molecule has 13 heavy (non-hydrogen) atoms. The molecular formula is C9H10N2O2. The maximum absolute atomic E-state index is 10.9. The van der Waals surface area contributed by atoms with Gasteiger partial charge in [-0.2, -0.15) is 0 Å². The van der Waals surface area contributed by atoms with E-state index in [-0.39, 0.29) is 5.69 Å². The average molecular weight is 178 g/mol. The van der Waals surface area contributed by atoms with E-state index in [0.717, 1.165) is 16.6 Å². The summed E-state index contributed by atoms with van der Waals surface area (Å²) in [4.78, 5) is 16.2. The van der Waals surface area contributed by atoms with Gasteiger partial charge in [0.25, 0.3) is 0 Å². The lowest BCUT2D eigenvalue weighted by molar-refractivity contribution is 0.199. The predicted molar refractivity (Wildman–Crippen MR) is 49.6 cm³/mol. The van der Waals surface area contributed by atoms with Crippen molar-refractivity contribution in [1.29, 1.82) is 0 Å². The third-order valence-electron chi connectivity index (χ3n) is 2.02. The molecular weight excluding hydrogens is 168 g/mol. The van der Waals surface area contributed by atoms with Gasteiger partial charge in [0.2, 0.25) is 0 Å². The highest BCUT2D eigenvalue weighted by molar-refractivity contribution is 5.75. The first kappa shape index (κ1) is 8.07. The van der Waals surface area contributed by atoms with Crippen LogP contribution in [0.15, 0.2) is 23.0 Å². The van der Waals surface area contributed by atoms with Crippen molar-refractivity contribution in [3.63, 3.8) is 0 Å². The topological polar surface area (TPSA) is 68.9 Å². The molecule has 0 amide bonds. The zero-order valence-electron chi connectivity index (χ0n) is 7.16. The van der Waals surface area contributed by atoms with Crippen molar-refractivity contribution in [2.75, 3.05) is 0 Å². The number of aliphatic hydroxyl groups is 1. The summed E-state index contributed by atoms with van der Waals surface area (Å²) in [7, 11) is 0. The van der Waals surface area contributed by atoms with Gasteiger partial charge in [-0.3, -0.25) is 0 Å². The Labute approximate surface area is 74.2 Å². The van der Waals surface area contributed by atoms with Crippen LogP contribution in [0.2, 0.25) is 0 Å². The summed E-state index contributed by atoms with van der Waals surface area (Å²) in [6, 6.07) is 5.32. The quantitative estimate of drug-likeness (QED) is 0.607. The van der Waals surface area contributed by atoms with Crippen molar-refractivity contribution >= 4 is 11.0 Å². The second-order valence-corrected chi connectivity index (χ2v) is 3.06. The molecule has 4 nitrogen and oxygen atoms in total. The van der Waals surface area contributed by atoms with Crippen LogP contribution in [0.4, 0.5) is 0 Å². The van der Waals surface area contributed by atoms with Gasteiger partial charge in [-0.25, -0.2) is 4.79 Å². The van der Waals surface area contributed by atoms with E-state index in [1.165, 1.54) is 0 Å². The van der Waals surface area contributed by atoms with Crippen LogP contribution in [0.5, 0.6) is 0 Å². The van der Waals surface area contributed by atoms with Gasteiger partial charge >= 0.3 is 5.69 Å². The van der Waals surface area contributed by atoms with Crippen molar-refractivity contribution in [2.24, 2.45) is 0 Å². The molecule has 3 N–H and O–H groups in total. The van der Waals surface area contributed by atoms with Gasteiger partial charge in [0.15, 0.2) is 0 Å². The number of aliphatic hydroxyl groups excluding tert-OH is 1. The molecule has 4 heteroatoms. The van der Waals surface area contributed by atoms with Crippen molar-refractivity contribution < 1.29 is 5.11 Å².